The Bertz CT molecular complexity index is 600. The summed E-state index contributed by atoms with van der Waals surface area (Å²) in [6.07, 6.45) is 4.19. The van der Waals surface area contributed by atoms with Crippen molar-refractivity contribution in [2.24, 2.45) is 5.41 Å². The molecule has 2 aliphatic rings. The van der Waals surface area contributed by atoms with E-state index in [1.807, 2.05) is 11.8 Å². The van der Waals surface area contributed by atoms with Crippen LogP contribution in [0, 0.1) is 11.2 Å². The number of amides is 2. The van der Waals surface area contributed by atoms with Gasteiger partial charge in [0.15, 0.2) is 11.6 Å². The molecule has 2 unspecified atom stereocenters. The van der Waals surface area contributed by atoms with E-state index in [0.717, 1.165) is 19.3 Å². The van der Waals surface area contributed by atoms with E-state index < -0.39 is 0 Å². The second-order valence-corrected chi connectivity index (χ2v) is 7.18. The highest BCUT2D eigenvalue weighted by atomic mass is 19.1. The second kappa shape index (κ2) is 6.93. The number of nitrogens with one attached hydrogen (secondary N) is 1. The molecule has 0 aromatic carbocycles. The number of piperidine rings is 1. The molecule has 2 aliphatic heterocycles. The van der Waals surface area contributed by atoms with E-state index in [1.165, 1.54) is 6.07 Å². The zero-order chi connectivity index (χ0) is 17.2. The Morgan fingerprint density at radius 2 is 2.38 bits per heavy atom. The number of anilines is 1. The molecule has 2 atom stereocenters. The number of carbonyl (C=O) groups excluding carboxylic acids is 1. The summed E-state index contributed by atoms with van der Waals surface area (Å²) in [6.45, 7) is 4.62. The molecule has 0 bridgehead atoms. The lowest BCUT2D eigenvalue weighted by atomic mass is 9.83. The summed E-state index contributed by atoms with van der Waals surface area (Å²) in [7, 11) is 0. The van der Waals surface area contributed by atoms with E-state index in [-0.39, 0.29) is 29.9 Å². The molecule has 2 amide bonds. The third kappa shape index (κ3) is 3.61. The summed E-state index contributed by atoms with van der Waals surface area (Å²) in [6, 6.07) is 2.87. The van der Waals surface area contributed by atoms with Crippen LogP contribution in [-0.4, -0.2) is 59.8 Å². The summed E-state index contributed by atoms with van der Waals surface area (Å²) in [5.74, 6) is 0.0132. The number of carbonyl (C=O) groups is 1. The molecule has 0 aliphatic carbocycles. The Morgan fingerprint density at radius 3 is 3.12 bits per heavy atom. The van der Waals surface area contributed by atoms with Crippen molar-refractivity contribution in [3.8, 4) is 0 Å². The van der Waals surface area contributed by atoms with Crippen molar-refractivity contribution in [1.29, 1.82) is 0 Å². The van der Waals surface area contributed by atoms with Gasteiger partial charge in [-0.25, -0.2) is 14.2 Å². The van der Waals surface area contributed by atoms with Gasteiger partial charge in [0.2, 0.25) is 0 Å². The van der Waals surface area contributed by atoms with Crippen molar-refractivity contribution in [2.45, 2.75) is 32.2 Å². The van der Waals surface area contributed by atoms with Crippen molar-refractivity contribution in [3.05, 3.63) is 24.1 Å². The number of hydrogen-bond donors (Lipinski definition) is 2. The quantitative estimate of drug-likeness (QED) is 0.880. The molecular weight excluding hydrogens is 311 g/mol. The topological polar surface area (TPSA) is 68.7 Å². The number of aliphatic hydroxyl groups excluding tert-OH is 1. The molecule has 0 radical (unpaired) electrons. The van der Waals surface area contributed by atoms with Crippen LogP contribution >= 0.6 is 0 Å². The number of aromatic nitrogens is 1. The number of rotatable bonds is 3. The molecular formula is C17H25FN4O2. The van der Waals surface area contributed by atoms with E-state index in [4.69, 9.17) is 0 Å². The second-order valence-electron chi connectivity index (χ2n) is 7.18. The summed E-state index contributed by atoms with van der Waals surface area (Å²) < 4.78 is 13.8. The monoisotopic (exact) mass is 336 g/mol. The maximum atomic E-state index is 13.8. The predicted molar refractivity (Wildman–Crippen MR) is 89.3 cm³/mol. The third-order valence-electron chi connectivity index (χ3n) is 5.00. The highest BCUT2D eigenvalue weighted by Crippen LogP contribution is 2.29. The number of hydrogen-bond acceptors (Lipinski definition) is 4. The molecule has 2 fully saturated rings. The van der Waals surface area contributed by atoms with Crippen LogP contribution in [0.4, 0.5) is 15.0 Å². The fourth-order valence-electron chi connectivity index (χ4n) is 3.56. The van der Waals surface area contributed by atoms with Gasteiger partial charge in [-0.05, 0) is 31.4 Å². The molecule has 6 nitrogen and oxygen atoms in total. The van der Waals surface area contributed by atoms with Gasteiger partial charge in [0.1, 0.15) is 0 Å². The first-order valence-corrected chi connectivity index (χ1v) is 8.52. The average Bonchev–Trinajstić information content (AvgIpc) is 3.03. The van der Waals surface area contributed by atoms with Crippen LogP contribution in [-0.2, 0) is 0 Å². The molecule has 0 saturated carbocycles. The van der Waals surface area contributed by atoms with Crippen LogP contribution in [0.2, 0.25) is 0 Å². The first-order valence-electron chi connectivity index (χ1n) is 8.52. The van der Waals surface area contributed by atoms with Crippen LogP contribution in [0.15, 0.2) is 18.3 Å². The number of urea groups is 1. The van der Waals surface area contributed by atoms with Crippen molar-refractivity contribution < 1.29 is 14.3 Å². The van der Waals surface area contributed by atoms with E-state index in [0.29, 0.717) is 32.0 Å². The number of aliphatic hydroxyl groups is 1. The number of likely N-dealkylation sites (tertiary alicyclic amines) is 1. The van der Waals surface area contributed by atoms with Gasteiger partial charge >= 0.3 is 6.03 Å². The van der Waals surface area contributed by atoms with Gasteiger partial charge < -0.3 is 20.2 Å². The summed E-state index contributed by atoms with van der Waals surface area (Å²) in [4.78, 5) is 20.2. The van der Waals surface area contributed by atoms with Crippen LogP contribution in [0.5, 0.6) is 0 Å². The smallest absolute Gasteiger partial charge is 0.317 e. The van der Waals surface area contributed by atoms with Gasteiger partial charge in [-0.1, -0.05) is 6.92 Å². The predicted octanol–water partition coefficient (Wildman–Crippen LogP) is 1.60. The molecule has 1 aromatic heterocycles. The zero-order valence-corrected chi connectivity index (χ0v) is 14.0. The van der Waals surface area contributed by atoms with Gasteiger partial charge in [-0.15, -0.1) is 0 Å². The standard InChI is InChI=1S/C17H25FN4O2/c1-17(12-23)6-3-8-22(11-17)16(24)20-13-5-9-21(10-13)15-14(18)4-2-7-19-15/h2,4,7,13,23H,3,5-6,8-12H2,1H3,(H,20,24). The highest BCUT2D eigenvalue weighted by molar-refractivity contribution is 5.75. The Hall–Kier alpha value is -1.89. The Labute approximate surface area is 141 Å². The van der Waals surface area contributed by atoms with Crippen molar-refractivity contribution in [2.75, 3.05) is 37.7 Å². The normalized spacial score (nSPS) is 27.4. The Kier molecular flexibility index (Phi) is 4.89. The lowest BCUT2D eigenvalue weighted by Gasteiger charge is -2.39. The van der Waals surface area contributed by atoms with Crippen LogP contribution in [0.25, 0.3) is 0 Å². The van der Waals surface area contributed by atoms with Crippen LogP contribution in [0.3, 0.4) is 0 Å². The van der Waals surface area contributed by atoms with Gasteiger partial charge in [0.25, 0.3) is 0 Å². The molecule has 2 N–H and O–H groups in total. The lowest BCUT2D eigenvalue weighted by Crippen LogP contribution is -2.52. The molecule has 3 rings (SSSR count). The largest absolute Gasteiger partial charge is 0.396 e. The maximum absolute atomic E-state index is 13.8. The first-order chi connectivity index (χ1) is 11.5. The maximum Gasteiger partial charge on any atom is 0.317 e. The zero-order valence-electron chi connectivity index (χ0n) is 14.0. The number of pyridine rings is 1. The van der Waals surface area contributed by atoms with Gasteiger partial charge in [0.05, 0.1) is 6.61 Å². The highest BCUT2D eigenvalue weighted by Gasteiger charge is 2.34. The van der Waals surface area contributed by atoms with E-state index >= 15 is 0 Å². The lowest BCUT2D eigenvalue weighted by molar-refractivity contribution is 0.0609. The van der Waals surface area contributed by atoms with Crippen molar-refractivity contribution in [3.63, 3.8) is 0 Å². The van der Waals surface area contributed by atoms with Gasteiger partial charge in [0, 0.05) is 43.8 Å². The van der Waals surface area contributed by atoms with E-state index in [1.54, 1.807) is 17.2 Å². The SMILES string of the molecule is CC1(CO)CCCN(C(=O)NC2CCN(c3ncccc3F)C2)C1. The minimum absolute atomic E-state index is 0.0128. The summed E-state index contributed by atoms with van der Waals surface area (Å²) in [5.41, 5.74) is -0.214. The molecule has 7 heteroatoms. The molecule has 1 aromatic rings. The van der Waals surface area contributed by atoms with Crippen LogP contribution in [0.1, 0.15) is 26.2 Å². The van der Waals surface area contributed by atoms with E-state index in [9.17, 15) is 14.3 Å². The molecule has 0 spiro atoms. The minimum Gasteiger partial charge on any atom is -0.396 e. The summed E-state index contributed by atoms with van der Waals surface area (Å²) >= 11 is 0. The van der Waals surface area contributed by atoms with E-state index in [2.05, 4.69) is 10.3 Å². The molecule has 2 saturated heterocycles. The van der Waals surface area contributed by atoms with Gasteiger partial charge in [-0.2, -0.15) is 0 Å². The first kappa shape index (κ1) is 17.0. The fraction of sp³-hybridized carbons (Fsp3) is 0.647. The van der Waals surface area contributed by atoms with Crippen molar-refractivity contribution in [1.82, 2.24) is 15.2 Å². The molecule has 24 heavy (non-hydrogen) atoms. The van der Waals surface area contributed by atoms with Gasteiger partial charge in [-0.3, -0.25) is 0 Å². The minimum atomic E-state index is -0.334. The number of halogens is 1. The Balaban J connectivity index is 1.56. The fourth-order valence-corrected chi connectivity index (χ4v) is 3.56. The van der Waals surface area contributed by atoms with Crippen molar-refractivity contribution >= 4 is 11.8 Å². The molecule has 132 valence electrons. The molecule has 3 heterocycles. The number of nitrogens with zero attached hydrogens (tertiary/aromatic N) is 3. The Morgan fingerprint density at radius 1 is 1.54 bits per heavy atom. The van der Waals surface area contributed by atoms with Crippen LogP contribution < -0.4 is 10.2 Å². The average molecular weight is 336 g/mol. The third-order valence-corrected chi connectivity index (χ3v) is 5.00. The summed E-state index contributed by atoms with van der Waals surface area (Å²) in [5, 5.41) is 12.6.